The fourth-order valence-electron chi connectivity index (χ4n) is 1.35. The Morgan fingerprint density at radius 1 is 1.44 bits per heavy atom. The number of hydrogen-bond donors (Lipinski definition) is 3. The summed E-state index contributed by atoms with van der Waals surface area (Å²) in [5, 5.41) is 12.0. The van der Waals surface area contributed by atoms with E-state index in [1.165, 1.54) is 0 Å². The number of nitrogen functional groups attached to an aromatic ring is 1. The Bertz CT molecular complexity index is 418. The summed E-state index contributed by atoms with van der Waals surface area (Å²) >= 11 is 0. The van der Waals surface area contributed by atoms with Crippen molar-refractivity contribution >= 4 is 17.3 Å². The molecule has 0 unspecified atom stereocenters. The second-order valence-electron chi connectivity index (χ2n) is 4.96. The number of nitrogens with zero attached hydrogens (tertiary/aromatic N) is 1. The summed E-state index contributed by atoms with van der Waals surface area (Å²) < 4.78 is 0. The molecule has 0 saturated heterocycles. The highest BCUT2D eigenvalue weighted by Gasteiger charge is 2.24. The van der Waals surface area contributed by atoms with Gasteiger partial charge in [-0.3, -0.25) is 9.69 Å². The van der Waals surface area contributed by atoms with Gasteiger partial charge < -0.3 is 16.2 Å². The molecule has 0 heterocycles. The van der Waals surface area contributed by atoms with Crippen LogP contribution in [-0.2, 0) is 4.79 Å². The second kappa shape index (κ2) is 5.84. The van der Waals surface area contributed by atoms with Crippen molar-refractivity contribution < 1.29 is 9.90 Å². The van der Waals surface area contributed by atoms with Gasteiger partial charge in [0, 0.05) is 5.54 Å². The van der Waals surface area contributed by atoms with Gasteiger partial charge in [-0.15, -0.1) is 0 Å². The molecule has 18 heavy (non-hydrogen) atoms. The van der Waals surface area contributed by atoms with Crippen LogP contribution in [0.3, 0.4) is 0 Å². The molecule has 0 saturated carbocycles. The van der Waals surface area contributed by atoms with Gasteiger partial charge in [0.1, 0.15) is 0 Å². The van der Waals surface area contributed by atoms with Crippen LogP contribution in [-0.4, -0.2) is 41.7 Å². The van der Waals surface area contributed by atoms with E-state index in [0.29, 0.717) is 11.4 Å². The van der Waals surface area contributed by atoms with E-state index in [9.17, 15) is 9.90 Å². The zero-order valence-corrected chi connectivity index (χ0v) is 11.1. The predicted octanol–water partition coefficient (Wildman–Crippen LogP) is 0.910. The van der Waals surface area contributed by atoms with Crippen LogP contribution >= 0.6 is 0 Å². The Balaban J connectivity index is 2.60. The maximum atomic E-state index is 11.8. The fourth-order valence-corrected chi connectivity index (χ4v) is 1.35. The molecule has 0 aliphatic heterocycles. The largest absolute Gasteiger partial charge is 0.397 e. The van der Waals surface area contributed by atoms with Gasteiger partial charge in [0.25, 0.3) is 0 Å². The number of nitrogens with two attached hydrogens (primary N) is 1. The van der Waals surface area contributed by atoms with Crippen LogP contribution in [0, 0.1) is 0 Å². The molecule has 4 N–H and O–H groups in total. The Morgan fingerprint density at radius 2 is 2.06 bits per heavy atom. The number of hydrogen-bond acceptors (Lipinski definition) is 4. The number of amides is 1. The lowest BCUT2D eigenvalue weighted by molar-refractivity contribution is -0.118. The van der Waals surface area contributed by atoms with Crippen molar-refractivity contribution in [3.05, 3.63) is 24.3 Å². The maximum Gasteiger partial charge on any atom is 0.238 e. The smallest absolute Gasteiger partial charge is 0.238 e. The number of likely N-dealkylation sites (N-methyl/N-ethyl adjacent to an activating group) is 1. The number of anilines is 2. The number of rotatable bonds is 5. The molecule has 0 spiro atoms. The third-order valence-electron chi connectivity index (χ3n) is 3.04. The van der Waals surface area contributed by atoms with Gasteiger partial charge in [0.05, 0.1) is 24.5 Å². The standard InChI is InChI=1S/C13H21N3O2/c1-13(2,9-17)16(3)8-12(18)15-11-7-5-4-6-10(11)14/h4-7,17H,8-9,14H2,1-3H3,(H,15,18). The second-order valence-corrected chi connectivity index (χ2v) is 4.96. The molecular formula is C13H21N3O2. The molecule has 1 amide bonds. The molecule has 5 heteroatoms. The Morgan fingerprint density at radius 3 is 2.61 bits per heavy atom. The highest BCUT2D eigenvalue weighted by Crippen LogP contribution is 2.17. The Hall–Kier alpha value is -1.59. The lowest BCUT2D eigenvalue weighted by Crippen LogP contribution is -2.47. The van der Waals surface area contributed by atoms with Crippen molar-refractivity contribution in [1.82, 2.24) is 4.90 Å². The molecular weight excluding hydrogens is 230 g/mol. The number of aliphatic hydroxyl groups excluding tert-OH is 1. The van der Waals surface area contributed by atoms with Gasteiger partial charge in [-0.2, -0.15) is 0 Å². The van der Waals surface area contributed by atoms with E-state index in [2.05, 4.69) is 5.32 Å². The summed E-state index contributed by atoms with van der Waals surface area (Å²) in [6, 6.07) is 7.11. The number of aliphatic hydroxyl groups is 1. The summed E-state index contributed by atoms with van der Waals surface area (Å²) in [5.74, 6) is -0.156. The number of carbonyl (C=O) groups excluding carboxylic acids is 1. The van der Waals surface area contributed by atoms with E-state index < -0.39 is 5.54 Å². The van der Waals surface area contributed by atoms with Crippen LogP contribution in [0.5, 0.6) is 0 Å². The van der Waals surface area contributed by atoms with Crippen LogP contribution in [0.15, 0.2) is 24.3 Å². The van der Waals surface area contributed by atoms with Gasteiger partial charge in [-0.1, -0.05) is 12.1 Å². The maximum absolute atomic E-state index is 11.8. The van der Waals surface area contributed by atoms with E-state index in [-0.39, 0.29) is 19.1 Å². The molecule has 0 bridgehead atoms. The van der Waals surface area contributed by atoms with Crippen molar-refractivity contribution in [1.29, 1.82) is 0 Å². The van der Waals surface area contributed by atoms with Gasteiger partial charge in [0.15, 0.2) is 0 Å². The quantitative estimate of drug-likeness (QED) is 0.680. The molecule has 1 aromatic rings. The zero-order chi connectivity index (χ0) is 13.8. The molecule has 0 aliphatic carbocycles. The first kappa shape index (κ1) is 14.5. The van der Waals surface area contributed by atoms with E-state index in [0.717, 1.165) is 0 Å². The summed E-state index contributed by atoms with van der Waals surface area (Å²) in [4.78, 5) is 13.6. The zero-order valence-electron chi connectivity index (χ0n) is 11.1. The highest BCUT2D eigenvalue weighted by molar-refractivity contribution is 5.95. The van der Waals surface area contributed by atoms with Gasteiger partial charge in [-0.25, -0.2) is 0 Å². The summed E-state index contributed by atoms with van der Waals surface area (Å²) in [6.07, 6.45) is 0. The van der Waals surface area contributed by atoms with Crippen LogP contribution in [0.2, 0.25) is 0 Å². The minimum Gasteiger partial charge on any atom is -0.397 e. The molecule has 0 fully saturated rings. The van der Waals surface area contributed by atoms with Crippen molar-refractivity contribution in [3.63, 3.8) is 0 Å². The van der Waals surface area contributed by atoms with Crippen LogP contribution in [0.1, 0.15) is 13.8 Å². The van der Waals surface area contributed by atoms with E-state index in [1.807, 2.05) is 26.0 Å². The van der Waals surface area contributed by atoms with Crippen molar-refractivity contribution in [2.75, 3.05) is 31.2 Å². The first-order valence-corrected chi connectivity index (χ1v) is 5.83. The monoisotopic (exact) mass is 251 g/mol. The third kappa shape index (κ3) is 3.72. The van der Waals surface area contributed by atoms with Gasteiger partial charge in [-0.05, 0) is 33.0 Å². The minimum absolute atomic E-state index is 0.00967. The first-order chi connectivity index (χ1) is 8.36. The number of benzene rings is 1. The van der Waals surface area contributed by atoms with Crippen molar-refractivity contribution in [3.8, 4) is 0 Å². The average molecular weight is 251 g/mol. The summed E-state index contributed by atoms with van der Waals surface area (Å²) in [7, 11) is 1.80. The number of carbonyl (C=O) groups is 1. The molecule has 1 aromatic carbocycles. The lowest BCUT2D eigenvalue weighted by atomic mass is 10.1. The fraction of sp³-hybridized carbons (Fsp3) is 0.462. The van der Waals surface area contributed by atoms with Gasteiger partial charge >= 0.3 is 0 Å². The van der Waals surface area contributed by atoms with E-state index in [1.54, 1.807) is 24.1 Å². The normalized spacial score (nSPS) is 11.6. The minimum atomic E-state index is -0.431. The molecule has 5 nitrogen and oxygen atoms in total. The predicted molar refractivity (Wildman–Crippen MR) is 73.3 cm³/mol. The topological polar surface area (TPSA) is 78.6 Å². The molecule has 0 aromatic heterocycles. The van der Waals surface area contributed by atoms with Crippen LogP contribution < -0.4 is 11.1 Å². The third-order valence-corrected chi connectivity index (χ3v) is 3.04. The molecule has 1 rings (SSSR count). The lowest BCUT2D eigenvalue weighted by Gasteiger charge is -2.33. The Labute approximate surface area is 108 Å². The van der Waals surface area contributed by atoms with E-state index in [4.69, 9.17) is 5.73 Å². The molecule has 0 aliphatic rings. The van der Waals surface area contributed by atoms with E-state index >= 15 is 0 Å². The van der Waals surface area contributed by atoms with Gasteiger partial charge in [0.2, 0.25) is 5.91 Å². The van der Waals surface area contributed by atoms with Crippen LogP contribution in [0.4, 0.5) is 11.4 Å². The molecule has 0 atom stereocenters. The molecule has 0 radical (unpaired) electrons. The summed E-state index contributed by atoms with van der Waals surface area (Å²) in [5.41, 5.74) is 6.46. The molecule has 100 valence electrons. The van der Waals surface area contributed by atoms with Crippen LogP contribution in [0.25, 0.3) is 0 Å². The number of para-hydroxylation sites is 2. The van der Waals surface area contributed by atoms with Crippen molar-refractivity contribution in [2.45, 2.75) is 19.4 Å². The average Bonchev–Trinajstić information content (AvgIpc) is 2.32. The number of nitrogens with one attached hydrogen (secondary N) is 1. The highest BCUT2D eigenvalue weighted by atomic mass is 16.3. The van der Waals surface area contributed by atoms with Crippen molar-refractivity contribution in [2.24, 2.45) is 0 Å². The Kier molecular flexibility index (Phi) is 4.69. The first-order valence-electron chi connectivity index (χ1n) is 5.83. The summed E-state index contributed by atoms with van der Waals surface area (Å²) in [6.45, 7) is 3.93. The SMILES string of the molecule is CN(CC(=O)Nc1ccccc1N)C(C)(C)CO.